The number of oxime groups is 1. The molecule has 1 heterocycles. The van der Waals surface area contributed by atoms with E-state index in [-0.39, 0.29) is 0 Å². The standard InChI is InChI=1S/C6H9N3OS/c1-4(9-10-2)5-3-11-6(7)8-5/h3H,1-2H3,(H2,7,8)/b9-4-. The number of thiazole rings is 1. The third-order valence-corrected chi connectivity index (χ3v) is 1.79. The van der Waals surface area contributed by atoms with Gasteiger partial charge in [-0.2, -0.15) is 0 Å². The van der Waals surface area contributed by atoms with Crippen LogP contribution in [0.25, 0.3) is 0 Å². The van der Waals surface area contributed by atoms with Crippen molar-refractivity contribution in [2.45, 2.75) is 6.92 Å². The van der Waals surface area contributed by atoms with E-state index in [0.29, 0.717) is 5.13 Å². The van der Waals surface area contributed by atoms with Gasteiger partial charge in [-0.15, -0.1) is 11.3 Å². The highest BCUT2D eigenvalue weighted by Gasteiger charge is 2.01. The highest BCUT2D eigenvalue weighted by atomic mass is 32.1. The summed E-state index contributed by atoms with van der Waals surface area (Å²) in [4.78, 5) is 8.59. The zero-order valence-electron chi connectivity index (χ0n) is 6.37. The van der Waals surface area contributed by atoms with E-state index in [4.69, 9.17) is 5.73 Å². The van der Waals surface area contributed by atoms with Gasteiger partial charge >= 0.3 is 0 Å². The molecule has 1 rings (SSSR count). The lowest BCUT2D eigenvalue weighted by atomic mass is 10.3. The van der Waals surface area contributed by atoms with Crippen LogP contribution in [0.2, 0.25) is 0 Å². The third kappa shape index (κ3) is 1.91. The van der Waals surface area contributed by atoms with E-state index in [1.807, 2.05) is 12.3 Å². The van der Waals surface area contributed by atoms with Crippen molar-refractivity contribution in [2.24, 2.45) is 5.16 Å². The van der Waals surface area contributed by atoms with E-state index in [1.165, 1.54) is 18.4 Å². The van der Waals surface area contributed by atoms with Crippen LogP contribution in [0.15, 0.2) is 10.5 Å². The van der Waals surface area contributed by atoms with Crippen molar-refractivity contribution in [3.05, 3.63) is 11.1 Å². The first-order chi connectivity index (χ1) is 5.24. The fourth-order valence-corrected chi connectivity index (χ4v) is 1.24. The summed E-state index contributed by atoms with van der Waals surface area (Å²) in [5.74, 6) is 0. The molecule has 0 aliphatic carbocycles. The van der Waals surface area contributed by atoms with Crippen molar-refractivity contribution >= 4 is 22.2 Å². The number of nitrogens with two attached hydrogens (primary N) is 1. The molecule has 0 saturated heterocycles. The summed E-state index contributed by atoms with van der Waals surface area (Å²) < 4.78 is 0. The Morgan fingerprint density at radius 3 is 3.00 bits per heavy atom. The molecule has 0 unspecified atom stereocenters. The van der Waals surface area contributed by atoms with Gasteiger partial charge in [-0.1, -0.05) is 5.16 Å². The predicted molar refractivity (Wildman–Crippen MR) is 45.7 cm³/mol. The summed E-state index contributed by atoms with van der Waals surface area (Å²) >= 11 is 1.39. The molecule has 0 radical (unpaired) electrons. The molecule has 1 aromatic heterocycles. The molecule has 0 atom stereocenters. The molecule has 5 heteroatoms. The fourth-order valence-electron chi connectivity index (χ4n) is 0.637. The number of hydrogen-bond donors (Lipinski definition) is 1. The van der Waals surface area contributed by atoms with Gasteiger partial charge in [0.25, 0.3) is 0 Å². The van der Waals surface area contributed by atoms with Crippen LogP contribution in [0.4, 0.5) is 5.13 Å². The number of anilines is 1. The maximum atomic E-state index is 5.42. The molecule has 0 aliphatic rings. The van der Waals surface area contributed by atoms with E-state index in [1.54, 1.807) is 0 Å². The van der Waals surface area contributed by atoms with E-state index in [2.05, 4.69) is 15.0 Å². The zero-order valence-corrected chi connectivity index (χ0v) is 7.18. The molecular formula is C6H9N3OS. The molecule has 0 spiro atoms. The molecule has 0 amide bonds. The predicted octanol–water partition coefficient (Wildman–Crippen LogP) is 1.10. The first-order valence-electron chi connectivity index (χ1n) is 3.03. The zero-order chi connectivity index (χ0) is 8.27. The fraction of sp³-hybridized carbons (Fsp3) is 0.333. The maximum Gasteiger partial charge on any atom is 0.180 e. The van der Waals surface area contributed by atoms with Crippen molar-refractivity contribution in [3.8, 4) is 0 Å². The second-order valence-electron chi connectivity index (χ2n) is 1.93. The van der Waals surface area contributed by atoms with Crippen molar-refractivity contribution in [1.82, 2.24) is 4.98 Å². The first kappa shape index (κ1) is 8.00. The van der Waals surface area contributed by atoms with Gasteiger partial charge in [0.15, 0.2) is 5.13 Å². The first-order valence-corrected chi connectivity index (χ1v) is 3.91. The Balaban J connectivity index is 2.84. The van der Waals surface area contributed by atoms with Gasteiger partial charge in [-0.3, -0.25) is 0 Å². The van der Waals surface area contributed by atoms with Crippen LogP contribution in [0.1, 0.15) is 12.6 Å². The molecule has 11 heavy (non-hydrogen) atoms. The van der Waals surface area contributed by atoms with Crippen LogP contribution in [0.3, 0.4) is 0 Å². The summed E-state index contributed by atoms with van der Waals surface area (Å²) in [5.41, 5.74) is 6.93. The molecule has 4 nitrogen and oxygen atoms in total. The summed E-state index contributed by atoms with van der Waals surface area (Å²) in [6.07, 6.45) is 0. The Morgan fingerprint density at radius 1 is 1.82 bits per heavy atom. The summed E-state index contributed by atoms with van der Waals surface area (Å²) in [6, 6.07) is 0. The van der Waals surface area contributed by atoms with Crippen LogP contribution in [-0.4, -0.2) is 17.8 Å². The highest BCUT2D eigenvalue weighted by Crippen LogP contribution is 2.11. The number of aromatic nitrogens is 1. The quantitative estimate of drug-likeness (QED) is 0.535. The normalized spacial score (nSPS) is 11.6. The van der Waals surface area contributed by atoms with Gasteiger partial charge in [0.05, 0.1) is 0 Å². The monoisotopic (exact) mass is 171 g/mol. The van der Waals surface area contributed by atoms with Crippen molar-refractivity contribution < 1.29 is 4.84 Å². The number of rotatable bonds is 2. The average molecular weight is 171 g/mol. The second kappa shape index (κ2) is 3.34. The minimum atomic E-state index is 0.547. The van der Waals surface area contributed by atoms with Crippen LogP contribution < -0.4 is 5.73 Å². The Bertz CT molecular complexity index is 269. The smallest absolute Gasteiger partial charge is 0.180 e. The van der Waals surface area contributed by atoms with Gasteiger partial charge in [-0.25, -0.2) is 4.98 Å². The Labute approximate surface area is 68.7 Å². The molecule has 1 aromatic rings. The minimum absolute atomic E-state index is 0.547. The van der Waals surface area contributed by atoms with Crippen molar-refractivity contribution in [1.29, 1.82) is 0 Å². The molecule has 60 valence electrons. The second-order valence-corrected chi connectivity index (χ2v) is 2.82. The molecule has 2 N–H and O–H groups in total. The Hall–Kier alpha value is -1.10. The third-order valence-electron chi connectivity index (χ3n) is 1.12. The number of nitrogen functional groups attached to an aromatic ring is 1. The summed E-state index contributed by atoms with van der Waals surface area (Å²) in [5, 5.41) is 6.10. The lowest BCUT2D eigenvalue weighted by Crippen LogP contribution is -1.96. The van der Waals surface area contributed by atoms with Gasteiger partial charge in [0, 0.05) is 5.38 Å². The largest absolute Gasteiger partial charge is 0.399 e. The van der Waals surface area contributed by atoms with Crippen LogP contribution in [-0.2, 0) is 4.84 Å². The molecule has 0 saturated carbocycles. The van der Waals surface area contributed by atoms with Gasteiger partial charge in [0.1, 0.15) is 18.5 Å². The number of nitrogens with zero attached hydrogens (tertiary/aromatic N) is 2. The van der Waals surface area contributed by atoms with E-state index < -0.39 is 0 Å². The van der Waals surface area contributed by atoms with Gasteiger partial charge < -0.3 is 10.6 Å². The van der Waals surface area contributed by atoms with Crippen molar-refractivity contribution in [3.63, 3.8) is 0 Å². The molecule has 0 bridgehead atoms. The van der Waals surface area contributed by atoms with Crippen LogP contribution in [0, 0.1) is 0 Å². The number of hydrogen-bond acceptors (Lipinski definition) is 5. The lowest BCUT2D eigenvalue weighted by Gasteiger charge is -1.91. The molecule has 0 aliphatic heterocycles. The average Bonchev–Trinajstić information content (AvgIpc) is 2.36. The minimum Gasteiger partial charge on any atom is -0.399 e. The van der Waals surface area contributed by atoms with Gasteiger partial charge in [0.2, 0.25) is 0 Å². The van der Waals surface area contributed by atoms with Crippen molar-refractivity contribution in [2.75, 3.05) is 12.8 Å². The van der Waals surface area contributed by atoms with E-state index in [9.17, 15) is 0 Å². The Kier molecular flexibility index (Phi) is 2.43. The molecule has 0 fully saturated rings. The highest BCUT2D eigenvalue weighted by molar-refractivity contribution is 7.13. The molecule has 0 aromatic carbocycles. The Morgan fingerprint density at radius 2 is 2.55 bits per heavy atom. The van der Waals surface area contributed by atoms with Crippen LogP contribution >= 0.6 is 11.3 Å². The summed E-state index contributed by atoms with van der Waals surface area (Å²) in [6.45, 7) is 1.82. The molecular weight excluding hydrogens is 162 g/mol. The van der Waals surface area contributed by atoms with E-state index in [0.717, 1.165) is 11.4 Å². The topological polar surface area (TPSA) is 60.5 Å². The maximum absolute atomic E-state index is 5.42. The van der Waals surface area contributed by atoms with Gasteiger partial charge in [-0.05, 0) is 6.92 Å². The van der Waals surface area contributed by atoms with Crippen LogP contribution in [0.5, 0.6) is 0 Å². The summed E-state index contributed by atoms with van der Waals surface area (Å²) in [7, 11) is 1.50. The SMILES string of the molecule is CO/N=C(/C)c1csc(N)n1. The lowest BCUT2D eigenvalue weighted by molar-refractivity contribution is 0.213. The van der Waals surface area contributed by atoms with E-state index >= 15 is 0 Å².